The van der Waals surface area contributed by atoms with Gasteiger partial charge in [0.1, 0.15) is 0 Å². The predicted molar refractivity (Wildman–Crippen MR) is 106 cm³/mol. The van der Waals surface area contributed by atoms with E-state index in [1.807, 2.05) is 0 Å². The Morgan fingerprint density at radius 3 is 1.32 bits per heavy atom. The van der Waals surface area contributed by atoms with E-state index in [-0.39, 0.29) is 17.4 Å². The zero-order valence-electron chi connectivity index (χ0n) is 14.7. The second-order valence-electron chi connectivity index (χ2n) is 8.09. The van der Waals surface area contributed by atoms with Crippen LogP contribution in [-0.2, 0) is 0 Å². The van der Waals surface area contributed by atoms with Crippen LogP contribution in [0.25, 0.3) is 21.0 Å². The Morgan fingerprint density at radius 1 is 0.636 bits per heavy atom. The summed E-state index contributed by atoms with van der Waals surface area (Å²) in [4.78, 5) is 0. The van der Waals surface area contributed by atoms with Crippen LogP contribution in [0.5, 0.6) is 0 Å². The molecule has 1 heterocycles. The molecule has 1 radical (unpaired) electrons. The van der Waals surface area contributed by atoms with Crippen LogP contribution in [-0.4, -0.2) is 17.4 Å². The summed E-state index contributed by atoms with van der Waals surface area (Å²) in [7, 11) is 0.851. The Balaban J connectivity index is 0.000000175. The maximum Gasteiger partial charge on any atom is -0.000604 e. The van der Waals surface area contributed by atoms with E-state index >= 15 is 0 Å². The molecule has 1 aromatic heterocycles. The first kappa shape index (κ1) is 17.7. The van der Waals surface area contributed by atoms with Gasteiger partial charge in [-0.05, 0) is 21.0 Å². The average Bonchev–Trinajstić information content (AvgIpc) is 2.73. The summed E-state index contributed by atoms with van der Waals surface area (Å²) in [5.41, 5.74) is 0. The normalized spacial score (nSPS) is 12.1. The van der Waals surface area contributed by atoms with Crippen molar-refractivity contribution >= 4 is 46.6 Å². The minimum Gasteiger partial charge on any atom is -0.123 e. The molecule has 0 amide bonds. The van der Waals surface area contributed by atoms with Crippen LogP contribution in [0.4, 0.5) is 0 Å². The van der Waals surface area contributed by atoms with Crippen LogP contribution >= 0.6 is 8.19 Å². The Bertz CT molecular complexity index is 679. The van der Waals surface area contributed by atoms with E-state index in [4.69, 9.17) is 0 Å². The summed E-state index contributed by atoms with van der Waals surface area (Å²) in [6.07, 6.45) is 0. The molecule has 0 bridgehead atoms. The van der Waals surface area contributed by atoms with Gasteiger partial charge in [-0.2, -0.15) is 0 Å². The molecule has 0 spiro atoms. The summed E-state index contributed by atoms with van der Waals surface area (Å²) in [5.74, 6) is 0. The first-order valence-electron chi connectivity index (χ1n) is 7.98. The molecule has 0 nitrogen and oxygen atoms in total. The van der Waals surface area contributed by atoms with Crippen molar-refractivity contribution in [1.29, 1.82) is 0 Å². The molecule has 0 saturated heterocycles. The molecule has 3 aromatic rings. The van der Waals surface area contributed by atoms with E-state index in [9.17, 15) is 0 Å². The Labute approximate surface area is 144 Å². The van der Waals surface area contributed by atoms with E-state index in [0.29, 0.717) is 7.94 Å². The predicted octanol–water partition coefficient (Wildman–Crippen LogP) is 7.15. The maximum atomic E-state index is 2.36. The molecular weight excluding hydrogens is 341 g/mol. The molecule has 0 saturated carbocycles. The number of rotatable bonds is 0. The monoisotopic (exact) mass is 367 g/mol. The fourth-order valence-corrected chi connectivity index (χ4v) is 9.90. The second-order valence-corrected chi connectivity index (χ2v) is 17.3. The smallest absolute Gasteiger partial charge is 0.000604 e. The van der Waals surface area contributed by atoms with E-state index in [2.05, 4.69) is 90.1 Å². The molecule has 3 rings (SSSR count). The summed E-state index contributed by atoms with van der Waals surface area (Å²) in [6.45, 7) is 14.2. The van der Waals surface area contributed by atoms with Crippen molar-refractivity contribution in [2.75, 3.05) is 0 Å². The van der Waals surface area contributed by atoms with Crippen LogP contribution in [0.2, 0.25) is 7.94 Å². The summed E-state index contributed by atoms with van der Waals surface area (Å²) in [6, 6.07) is 17.4. The van der Waals surface area contributed by atoms with Crippen molar-refractivity contribution in [1.82, 2.24) is 0 Å². The zero-order chi connectivity index (χ0) is 16.4. The summed E-state index contributed by atoms with van der Waals surface area (Å²) >= 11 is -0.0625. The van der Waals surface area contributed by atoms with Gasteiger partial charge in [0, 0.05) is 0 Å². The van der Waals surface area contributed by atoms with Gasteiger partial charge in [0.05, 0.1) is 0 Å². The van der Waals surface area contributed by atoms with E-state index in [1.165, 1.54) is 21.0 Å². The SMILES string of the molecule is C[C](C)(C)[Ga][C](C)(C)C.c1ccc2c(c1)[pH]c1ccccc12. The van der Waals surface area contributed by atoms with Gasteiger partial charge in [-0.25, -0.2) is 0 Å². The first-order chi connectivity index (χ1) is 10.2. The van der Waals surface area contributed by atoms with Gasteiger partial charge >= 0.3 is 66.9 Å². The van der Waals surface area contributed by atoms with E-state index in [1.54, 1.807) is 0 Å². The topological polar surface area (TPSA) is 0 Å². The van der Waals surface area contributed by atoms with E-state index < -0.39 is 0 Å². The van der Waals surface area contributed by atoms with Gasteiger partial charge in [-0.15, -0.1) is 8.19 Å². The van der Waals surface area contributed by atoms with E-state index in [0.717, 1.165) is 8.19 Å². The molecule has 0 N–H and O–H groups in total. The van der Waals surface area contributed by atoms with Crippen molar-refractivity contribution in [2.45, 2.75) is 49.5 Å². The third-order valence-corrected chi connectivity index (χ3v) is 8.32. The molecular formula is C20H27GaP. The molecule has 0 aliphatic rings. The maximum absolute atomic E-state index is 2.36. The quantitative estimate of drug-likeness (QED) is 0.370. The molecule has 2 aromatic carbocycles. The van der Waals surface area contributed by atoms with Crippen molar-refractivity contribution < 1.29 is 0 Å². The Kier molecular flexibility index (Phi) is 5.53. The number of fused-ring (bicyclic) bond motifs is 3. The second kappa shape index (κ2) is 6.87. The van der Waals surface area contributed by atoms with Crippen molar-refractivity contribution in [2.24, 2.45) is 0 Å². The Hall–Kier alpha value is -0.624. The van der Waals surface area contributed by atoms with Gasteiger partial charge < -0.3 is 0 Å². The number of hydrogen-bond acceptors (Lipinski definition) is 0. The molecule has 0 aliphatic heterocycles. The fourth-order valence-electron chi connectivity index (χ4n) is 3.10. The van der Waals surface area contributed by atoms with Gasteiger partial charge in [0.2, 0.25) is 0 Å². The van der Waals surface area contributed by atoms with Crippen LogP contribution in [0.1, 0.15) is 41.5 Å². The molecule has 0 atom stereocenters. The minimum absolute atomic E-state index is 0.0625. The number of benzene rings is 2. The van der Waals surface area contributed by atoms with Gasteiger partial charge in [0.25, 0.3) is 0 Å². The van der Waals surface area contributed by atoms with Gasteiger partial charge in [-0.1, -0.05) is 48.5 Å². The van der Waals surface area contributed by atoms with Gasteiger partial charge in [0.15, 0.2) is 0 Å². The molecule has 115 valence electrons. The van der Waals surface area contributed by atoms with Crippen LogP contribution in [0.3, 0.4) is 0 Å². The number of hydrogen-bond donors (Lipinski definition) is 0. The molecule has 0 unspecified atom stereocenters. The van der Waals surface area contributed by atoms with Crippen LogP contribution in [0.15, 0.2) is 48.5 Å². The first-order valence-corrected chi connectivity index (χ1v) is 11.4. The third kappa shape index (κ3) is 5.23. The summed E-state index contributed by atoms with van der Waals surface area (Å²) in [5, 5.41) is 5.83. The molecule has 22 heavy (non-hydrogen) atoms. The van der Waals surface area contributed by atoms with Crippen LogP contribution < -0.4 is 0 Å². The Morgan fingerprint density at radius 2 is 1.00 bits per heavy atom. The molecule has 0 aliphatic carbocycles. The standard InChI is InChI=1S/C12H9P.2C4H9.Ga/c1-3-7-11-9(5-1)10-6-2-4-8-12(10)13-11;2*1-4(2)3;/h1-8,13H;2*1-3H3;. The molecule has 0 fully saturated rings. The molecule has 2 heteroatoms. The van der Waals surface area contributed by atoms with Crippen molar-refractivity contribution in [3.63, 3.8) is 0 Å². The summed E-state index contributed by atoms with van der Waals surface area (Å²) < 4.78 is 1.28. The zero-order valence-corrected chi connectivity index (χ0v) is 18.1. The fraction of sp³-hybridized carbons (Fsp3) is 0.400. The van der Waals surface area contributed by atoms with Crippen LogP contribution in [0, 0.1) is 0 Å². The van der Waals surface area contributed by atoms with Gasteiger partial charge in [-0.3, -0.25) is 0 Å². The van der Waals surface area contributed by atoms with Crippen molar-refractivity contribution in [3.8, 4) is 0 Å². The minimum atomic E-state index is -0.0625. The van der Waals surface area contributed by atoms with Crippen molar-refractivity contribution in [3.05, 3.63) is 48.5 Å². The third-order valence-electron chi connectivity index (χ3n) is 3.28. The average molecular weight is 368 g/mol. The largest absolute Gasteiger partial charge is 0.123 e.